The molecule has 0 saturated heterocycles. The third-order valence-corrected chi connectivity index (χ3v) is 1.79. The van der Waals surface area contributed by atoms with E-state index in [1.165, 1.54) is 37.3 Å². The zero-order chi connectivity index (χ0) is 11.4. The van der Waals surface area contributed by atoms with Crippen molar-refractivity contribution in [2.75, 3.05) is 0 Å². The number of ketones is 1. The fraction of sp³-hybridized carbons (Fsp3) is 0.0909. The van der Waals surface area contributed by atoms with E-state index in [0.717, 1.165) is 0 Å². The highest BCUT2D eigenvalue weighted by Crippen LogP contribution is 2.09. The minimum Gasteiger partial charge on any atom is -0.478 e. The molecule has 15 heavy (non-hydrogen) atoms. The maximum absolute atomic E-state index is 12.5. The Hall–Kier alpha value is -1.97. The second kappa shape index (κ2) is 4.50. The van der Waals surface area contributed by atoms with Crippen molar-refractivity contribution in [2.24, 2.45) is 0 Å². The molecule has 0 spiro atoms. The van der Waals surface area contributed by atoms with Crippen LogP contribution in [-0.4, -0.2) is 16.9 Å². The topological polar surface area (TPSA) is 54.4 Å². The highest BCUT2D eigenvalue weighted by Gasteiger charge is 2.12. The lowest BCUT2D eigenvalue weighted by Crippen LogP contribution is -2.08. The van der Waals surface area contributed by atoms with Crippen molar-refractivity contribution >= 4 is 17.8 Å². The van der Waals surface area contributed by atoms with E-state index in [4.69, 9.17) is 5.11 Å². The van der Waals surface area contributed by atoms with Gasteiger partial charge < -0.3 is 5.11 Å². The van der Waals surface area contributed by atoms with Crippen molar-refractivity contribution in [3.63, 3.8) is 0 Å². The molecule has 0 bridgehead atoms. The molecule has 0 unspecified atom stereocenters. The summed E-state index contributed by atoms with van der Waals surface area (Å²) >= 11 is 0. The Labute approximate surface area is 85.8 Å². The van der Waals surface area contributed by atoms with Crippen LogP contribution in [0, 0.1) is 5.82 Å². The van der Waals surface area contributed by atoms with Crippen molar-refractivity contribution in [1.82, 2.24) is 0 Å². The molecule has 0 saturated carbocycles. The van der Waals surface area contributed by atoms with Crippen molar-refractivity contribution < 1.29 is 19.1 Å². The SMILES string of the molecule is CC(=O)C(=Cc1ccc(F)cc1)C(=O)O. The van der Waals surface area contributed by atoms with Gasteiger partial charge in [0.25, 0.3) is 0 Å². The largest absolute Gasteiger partial charge is 0.478 e. The standard InChI is InChI=1S/C11H9FO3/c1-7(13)10(11(14)15)6-8-2-4-9(12)5-3-8/h2-6H,1H3,(H,14,15). The van der Waals surface area contributed by atoms with Crippen LogP contribution in [0.4, 0.5) is 4.39 Å². The monoisotopic (exact) mass is 208 g/mol. The number of halogens is 1. The second-order valence-electron chi connectivity index (χ2n) is 2.97. The summed E-state index contributed by atoms with van der Waals surface area (Å²) < 4.78 is 12.5. The second-order valence-corrected chi connectivity index (χ2v) is 2.97. The summed E-state index contributed by atoms with van der Waals surface area (Å²) in [7, 11) is 0. The Balaban J connectivity index is 3.08. The van der Waals surface area contributed by atoms with Crippen LogP contribution >= 0.6 is 0 Å². The zero-order valence-corrected chi connectivity index (χ0v) is 8.03. The number of hydrogen-bond acceptors (Lipinski definition) is 2. The summed E-state index contributed by atoms with van der Waals surface area (Å²) in [5.41, 5.74) is 0.158. The number of carboxylic acids is 1. The van der Waals surface area contributed by atoms with Gasteiger partial charge in [-0.3, -0.25) is 4.79 Å². The van der Waals surface area contributed by atoms with E-state index in [0.29, 0.717) is 5.56 Å². The van der Waals surface area contributed by atoms with Gasteiger partial charge in [-0.25, -0.2) is 9.18 Å². The third-order valence-electron chi connectivity index (χ3n) is 1.79. The molecular formula is C11H9FO3. The molecule has 0 aliphatic rings. The van der Waals surface area contributed by atoms with E-state index in [1.807, 2.05) is 0 Å². The number of Topliss-reactive ketones (excluding diaryl/α,β-unsaturated/α-hetero) is 1. The van der Waals surface area contributed by atoms with E-state index >= 15 is 0 Å². The molecule has 0 fully saturated rings. The van der Waals surface area contributed by atoms with Crippen molar-refractivity contribution in [3.8, 4) is 0 Å². The number of carbonyl (C=O) groups is 2. The average Bonchev–Trinajstić information content (AvgIpc) is 2.15. The Bertz CT molecular complexity index is 402. The molecule has 0 heterocycles. The summed E-state index contributed by atoms with van der Waals surface area (Å²) in [6.45, 7) is 1.17. The molecule has 4 heteroatoms. The summed E-state index contributed by atoms with van der Waals surface area (Å²) in [6, 6.07) is 5.21. The number of benzene rings is 1. The molecule has 0 radical (unpaired) electrons. The molecule has 0 aliphatic carbocycles. The van der Waals surface area contributed by atoms with Crippen LogP contribution in [0.3, 0.4) is 0 Å². The van der Waals surface area contributed by atoms with Crippen molar-refractivity contribution in [2.45, 2.75) is 6.92 Å². The first-order valence-electron chi connectivity index (χ1n) is 4.22. The van der Waals surface area contributed by atoms with E-state index in [2.05, 4.69) is 0 Å². The van der Waals surface area contributed by atoms with Crippen LogP contribution < -0.4 is 0 Å². The Morgan fingerprint density at radius 2 is 1.80 bits per heavy atom. The molecule has 0 aromatic heterocycles. The first kappa shape index (κ1) is 11.1. The van der Waals surface area contributed by atoms with Crippen LogP contribution in [0.5, 0.6) is 0 Å². The fourth-order valence-electron chi connectivity index (χ4n) is 1.04. The van der Waals surface area contributed by atoms with Gasteiger partial charge in [0, 0.05) is 0 Å². The van der Waals surface area contributed by atoms with Gasteiger partial charge in [-0.05, 0) is 30.7 Å². The van der Waals surface area contributed by atoms with Gasteiger partial charge in [0.1, 0.15) is 11.4 Å². The molecule has 0 atom stereocenters. The van der Waals surface area contributed by atoms with Crippen LogP contribution in [0.2, 0.25) is 0 Å². The number of carbonyl (C=O) groups excluding carboxylic acids is 1. The van der Waals surface area contributed by atoms with Crippen LogP contribution in [0.25, 0.3) is 6.08 Å². The summed E-state index contributed by atoms with van der Waals surface area (Å²) in [6.07, 6.45) is 1.21. The third kappa shape index (κ3) is 3.02. The molecule has 78 valence electrons. The maximum atomic E-state index is 12.5. The molecule has 1 aromatic carbocycles. The van der Waals surface area contributed by atoms with Gasteiger partial charge in [0.15, 0.2) is 5.78 Å². The van der Waals surface area contributed by atoms with Crippen molar-refractivity contribution in [3.05, 3.63) is 41.2 Å². The van der Waals surface area contributed by atoms with Crippen LogP contribution in [0.1, 0.15) is 12.5 Å². The van der Waals surface area contributed by atoms with Crippen LogP contribution in [-0.2, 0) is 9.59 Å². The Morgan fingerprint density at radius 1 is 1.27 bits per heavy atom. The summed E-state index contributed by atoms with van der Waals surface area (Å²) in [5.74, 6) is -2.23. The van der Waals surface area contributed by atoms with Gasteiger partial charge in [0.05, 0.1) is 0 Å². The zero-order valence-electron chi connectivity index (χ0n) is 8.03. The van der Waals surface area contributed by atoms with E-state index in [9.17, 15) is 14.0 Å². The number of hydrogen-bond donors (Lipinski definition) is 1. The minimum absolute atomic E-state index is 0.318. The molecule has 3 nitrogen and oxygen atoms in total. The predicted molar refractivity (Wildman–Crippen MR) is 52.7 cm³/mol. The van der Waals surface area contributed by atoms with Crippen LogP contribution in [0.15, 0.2) is 29.8 Å². The van der Waals surface area contributed by atoms with Gasteiger partial charge in [0.2, 0.25) is 0 Å². The smallest absolute Gasteiger partial charge is 0.339 e. The highest BCUT2D eigenvalue weighted by molar-refractivity contribution is 6.19. The minimum atomic E-state index is -1.29. The van der Waals surface area contributed by atoms with Crippen molar-refractivity contribution in [1.29, 1.82) is 0 Å². The quantitative estimate of drug-likeness (QED) is 0.468. The van der Waals surface area contributed by atoms with E-state index < -0.39 is 17.6 Å². The normalized spacial score (nSPS) is 11.2. The number of carboxylic acid groups (broad SMARTS) is 1. The Kier molecular flexibility index (Phi) is 3.33. The maximum Gasteiger partial charge on any atom is 0.339 e. The van der Waals surface area contributed by atoms with E-state index in [-0.39, 0.29) is 5.57 Å². The first-order chi connectivity index (χ1) is 7.00. The molecule has 1 aromatic rings. The molecule has 1 rings (SSSR count). The average molecular weight is 208 g/mol. The number of aliphatic carboxylic acids is 1. The van der Waals surface area contributed by atoms with Gasteiger partial charge >= 0.3 is 5.97 Å². The lowest BCUT2D eigenvalue weighted by Gasteiger charge is -1.97. The fourth-order valence-corrected chi connectivity index (χ4v) is 1.04. The Morgan fingerprint density at radius 3 is 2.20 bits per heavy atom. The van der Waals surface area contributed by atoms with Gasteiger partial charge in [-0.2, -0.15) is 0 Å². The lowest BCUT2D eigenvalue weighted by molar-refractivity contribution is -0.134. The van der Waals surface area contributed by atoms with Gasteiger partial charge in [-0.1, -0.05) is 12.1 Å². The summed E-state index contributed by atoms with van der Waals surface area (Å²) in [5, 5.41) is 8.70. The lowest BCUT2D eigenvalue weighted by atomic mass is 10.1. The highest BCUT2D eigenvalue weighted by atomic mass is 19.1. The summed E-state index contributed by atoms with van der Waals surface area (Å²) in [4.78, 5) is 21.6. The molecular weight excluding hydrogens is 199 g/mol. The molecule has 1 N–H and O–H groups in total. The predicted octanol–water partition coefficient (Wildman–Crippen LogP) is 1.88. The van der Waals surface area contributed by atoms with Gasteiger partial charge in [-0.15, -0.1) is 0 Å². The number of rotatable bonds is 3. The molecule has 0 aliphatic heterocycles. The molecule has 0 amide bonds. The van der Waals surface area contributed by atoms with E-state index in [1.54, 1.807) is 0 Å². The first-order valence-corrected chi connectivity index (χ1v) is 4.22.